The van der Waals surface area contributed by atoms with Crippen LogP contribution in [0.25, 0.3) is 0 Å². The molecule has 336 valence electrons. The summed E-state index contributed by atoms with van der Waals surface area (Å²) in [6.07, 6.45) is 65.2. The first-order valence-corrected chi connectivity index (χ1v) is 25.6. The van der Waals surface area contributed by atoms with Crippen LogP contribution in [-0.4, -0.2) is 37.0 Å². The van der Waals surface area contributed by atoms with E-state index in [-0.39, 0.29) is 12.6 Å². The van der Waals surface area contributed by atoms with E-state index in [1.807, 2.05) is 0 Å². The van der Waals surface area contributed by atoms with Crippen LogP contribution in [0.4, 0.5) is 0 Å². The van der Waals surface area contributed by atoms with Gasteiger partial charge in [0.2, 0.25) is 0 Å². The van der Waals surface area contributed by atoms with Gasteiger partial charge in [-0.2, -0.15) is 0 Å². The van der Waals surface area contributed by atoms with Gasteiger partial charge in [-0.15, -0.1) is 0 Å². The average Bonchev–Trinajstić information content (AvgIpc) is 3.22. The number of esters is 1. The zero-order valence-corrected chi connectivity index (χ0v) is 38.6. The third-order valence-corrected chi connectivity index (χ3v) is 11.4. The third kappa shape index (κ3) is 48.9. The monoisotopic (exact) mass is 801 g/mol. The lowest BCUT2D eigenvalue weighted by atomic mass is 10.0. The second-order valence-corrected chi connectivity index (χ2v) is 17.2. The smallest absolute Gasteiger partial charge is 0.306 e. The number of aliphatic hydroxyl groups excluding tert-OH is 1. The van der Waals surface area contributed by atoms with Crippen molar-refractivity contribution >= 4 is 5.97 Å². The lowest BCUT2D eigenvalue weighted by molar-refractivity contribution is -0.154. The van der Waals surface area contributed by atoms with Crippen molar-refractivity contribution in [3.05, 3.63) is 36.5 Å². The number of allylic oxidation sites excluding steroid dienone is 6. The van der Waals surface area contributed by atoms with Crippen molar-refractivity contribution < 1.29 is 19.4 Å². The van der Waals surface area contributed by atoms with Gasteiger partial charge in [0.1, 0.15) is 6.10 Å². The molecule has 0 aliphatic rings. The Morgan fingerprint density at radius 1 is 0.421 bits per heavy atom. The SMILES string of the molecule is CCCCCCC/C=C\C/C=C\CCCCCCCCCCCCCC(=O)OC(CO)COCCCCCCCCCCCC/C=C\CCCCCCCCCC. The molecule has 0 aliphatic heterocycles. The molecule has 0 aromatic heterocycles. The van der Waals surface area contributed by atoms with E-state index in [2.05, 4.69) is 50.3 Å². The first-order chi connectivity index (χ1) is 28.2. The van der Waals surface area contributed by atoms with Crippen LogP contribution >= 0.6 is 0 Å². The quantitative estimate of drug-likeness (QED) is 0.0378. The fourth-order valence-corrected chi connectivity index (χ4v) is 7.59. The fraction of sp³-hybridized carbons (Fsp3) is 0.868. The van der Waals surface area contributed by atoms with Crippen LogP contribution in [0.5, 0.6) is 0 Å². The summed E-state index contributed by atoms with van der Waals surface area (Å²) in [6, 6.07) is 0. The topological polar surface area (TPSA) is 55.8 Å². The average molecular weight is 801 g/mol. The first-order valence-electron chi connectivity index (χ1n) is 25.6. The molecule has 0 saturated heterocycles. The summed E-state index contributed by atoms with van der Waals surface area (Å²) in [5.74, 6) is -0.199. The Labute approximate surface area is 357 Å². The molecule has 4 heteroatoms. The van der Waals surface area contributed by atoms with Gasteiger partial charge in [-0.1, -0.05) is 230 Å². The van der Waals surface area contributed by atoms with E-state index in [1.54, 1.807) is 0 Å². The second kappa shape index (κ2) is 50.8. The molecule has 0 aliphatic carbocycles. The van der Waals surface area contributed by atoms with Crippen molar-refractivity contribution in [2.75, 3.05) is 19.8 Å². The Balaban J connectivity index is 3.39. The van der Waals surface area contributed by atoms with Crippen LogP contribution in [0.2, 0.25) is 0 Å². The Morgan fingerprint density at radius 3 is 1.11 bits per heavy atom. The fourth-order valence-electron chi connectivity index (χ4n) is 7.59. The molecule has 1 N–H and O–H groups in total. The van der Waals surface area contributed by atoms with Gasteiger partial charge in [0.25, 0.3) is 0 Å². The van der Waals surface area contributed by atoms with E-state index in [9.17, 15) is 9.90 Å². The highest BCUT2D eigenvalue weighted by atomic mass is 16.6. The van der Waals surface area contributed by atoms with Crippen LogP contribution in [0, 0.1) is 0 Å². The minimum absolute atomic E-state index is 0.171. The highest BCUT2D eigenvalue weighted by Gasteiger charge is 2.13. The van der Waals surface area contributed by atoms with Crippen molar-refractivity contribution in [3.8, 4) is 0 Å². The number of unbranched alkanes of at least 4 members (excludes halogenated alkanes) is 34. The molecule has 0 rings (SSSR count). The van der Waals surface area contributed by atoms with E-state index in [0.29, 0.717) is 19.6 Å². The lowest BCUT2D eigenvalue weighted by Crippen LogP contribution is -2.27. The minimum Gasteiger partial charge on any atom is -0.457 e. The van der Waals surface area contributed by atoms with Crippen LogP contribution in [0.3, 0.4) is 0 Å². The molecule has 0 aromatic carbocycles. The molecule has 0 amide bonds. The van der Waals surface area contributed by atoms with Gasteiger partial charge < -0.3 is 14.6 Å². The molecule has 57 heavy (non-hydrogen) atoms. The molecule has 0 bridgehead atoms. The van der Waals surface area contributed by atoms with Gasteiger partial charge in [-0.3, -0.25) is 4.79 Å². The van der Waals surface area contributed by atoms with E-state index >= 15 is 0 Å². The highest BCUT2D eigenvalue weighted by molar-refractivity contribution is 5.69. The molecule has 0 fully saturated rings. The zero-order chi connectivity index (χ0) is 41.2. The number of carbonyl (C=O) groups is 1. The van der Waals surface area contributed by atoms with Gasteiger partial charge >= 0.3 is 5.97 Å². The summed E-state index contributed by atoms with van der Waals surface area (Å²) in [5, 5.41) is 9.65. The summed E-state index contributed by atoms with van der Waals surface area (Å²) in [5.41, 5.74) is 0. The highest BCUT2D eigenvalue weighted by Crippen LogP contribution is 2.15. The van der Waals surface area contributed by atoms with E-state index in [4.69, 9.17) is 9.47 Å². The molecule has 0 aromatic rings. The number of carbonyl (C=O) groups excluding carboxylic acids is 1. The van der Waals surface area contributed by atoms with E-state index < -0.39 is 6.10 Å². The molecular formula is C53H100O4. The van der Waals surface area contributed by atoms with Crippen LogP contribution in [-0.2, 0) is 14.3 Å². The standard InChI is InChI=1S/C53H100O4/c1-3-5-7-9-11-13-15-17-19-21-23-25-27-28-30-32-34-36-38-40-42-44-46-48-53(55)57-52(50-54)51-56-49-47-45-43-41-39-37-35-33-31-29-26-24-22-20-18-16-14-12-10-8-6-4-2/h15,17,21-24,52,54H,3-14,16,18-20,25-51H2,1-2H3/b17-15-,23-21-,24-22-. The van der Waals surface area contributed by atoms with Crippen molar-refractivity contribution in [1.29, 1.82) is 0 Å². The van der Waals surface area contributed by atoms with Gasteiger partial charge in [-0.25, -0.2) is 0 Å². The predicted molar refractivity (Wildman–Crippen MR) is 251 cm³/mol. The first kappa shape index (κ1) is 55.6. The number of ether oxygens (including phenoxy) is 2. The maximum atomic E-state index is 12.3. The molecule has 0 spiro atoms. The van der Waals surface area contributed by atoms with Crippen LogP contribution in [0.15, 0.2) is 36.5 Å². The zero-order valence-electron chi connectivity index (χ0n) is 38.6. The molecule has 4 nitrogen and oxygen atoms in total. The van der Waals surface area contributed by atoms with Gasteiger partial charge in [-0.05, 0) is 70.6 Å². The Morgan fingerprint density at radius 2 is 0.737 bits per heavy atom. The minimum atomic E-state index is -0.535. The Kier molecular flexibility index (Phi) is 49.5. The summed E-state index contributed by atoms with van der Waals surface area (Å²) < 4.78 is 11.2. The molecule has 1 unspecified atom stereocenters. The molecular weight excluding hydrogens is 701 g/mol. The Hall–Kier alpha value is -1.39. The summed E-state index contributed by atoms with van der Waals surface area (Å²) >= 11 is 0. The van der Waals surface area contributed by atoms with E-state index in [0.717, 1.165) is 25.7 Å². The van der Waals surface area contributed by atoms with Gasteiger partial charge in [0.05, 0.1) is 13.2 Å². The van der Waals surface area contributed by atoms with Crippen molar-refractivity contribution in [2.45, 2.75) is 277 Å². The Bertz CT molecular complexity index is 848. The van der Waals surface area contributed by atoms with Crippen molar-refractivity contribution in [2.24, 2.45) is 0 Å². The lowest BCUT2D eigenvalue weighted by Gasteiger charge is -2.16. The molecule has 0 radical (unpaired) electrons. The maximum absolute atomic E-state index is 12.3. The second-order valence-electron chi connectivity index (χ2n) is 17.2. The third-order valence-electron chi connectivity index (χ3n) is 11.4. The predicted octanol–water partition coefficient (Wildman–Crippen LogP) is 17.2. The van der Waals surface area contributed by atoms with Gasteiger partial charge in [0, 0.05) is 13.0 Å². The van der Waals surface area contributed by atoms with Gasteiger partial charge in [0.15, 0.2) is 0 Å². The number of rotatable bonds is 48. The maximum Gasteiger partial charge on any atom is 0.306 e. The summed E-state index contributed by atoms with van der Waals surface area (Å²) in [6.45, 7) is 5.37. The van der Waals surface area contributed by atoms with Crippen molar-refractivity contribution in [1.82, 2.24) is 0 Å². The van der Waals surface area contributed by atoms with Crippen LogP contribution in [0.1, 0.15) is 271 Å². The van der Waals surface area contributed by atoms with Crippen LogP contribution < -0.4 is 0 Å². The number of hydrogen-bond donors (Lipinski definition) is 1. The molecule has 0 saturated carbocycles. The summed E-state index contributed by atoms with van der Waals surface area (Å²) in [4.78, 5) is 12.3. The number of hydrogen-bond acceptors (Lipinski definition) is 4. The van der Waals surface area contributed by atoms with E-state index in [1.165, 1.54) is 225 Å². The van der Waals surface area contributed by atoms with Crippen molar-refractivity contribution in [3.63, 3.8) is 0 Å². The summed E-state index contributed by atoms with van der Waals surface area (Å²) in [7, 11) is 0. The molecule has 0 heterocycles. The molecule has 1 atom stereocenters. The normalized spacial score (nSPS) is 12.5. The largest absolute Gasteiger partial charge is 0.457 e. The number of aliphatic hydroxyl groups is 1.